The van der Waals surface area contributed by atoms with Crippen molar-refractivity contribution in [3.63, 3.8) is 0 Å². The number of rotatable bonds is 8. The van der Waals surface area contributed by atoms with E-state index in [9.17, 15) is 12.8 Å². The van der Waals surface area contributed by atoms with Gasteiger partial charge in [0.05, 0.1) is 12.0 Å². The fourth-order valence-electron chi connectivity index (χ4n) is 2.29. The standard InChI is InChI=1S/C18H22FNO4S/c1-13(2)17-12-16(8-9-18(17)23-3)25(21,22)20-10-11-24-15-6-4-14(19)5-7-15/h4-9,12-13,20H,10-11H2,1-3H3. The molecule has 0 fully saturated rings. The Morgan fingerprint density at radius 1 is 1.12 bits per heavy atom. The van der Waals surface area contributed by atoms with Gasteiger partial charge in [-0.25, -0.2) is 17.5 Å². The van der Waals surface area contributed by atoms with Gasteiger partial charge in [-0.05, 0) is 53.9 Å². The summed E-state index contributed by atoms with van der Waals surface area (Å²) < 4.78 is 50.8. The molecule has 0 unspecified atom stereocenters. The summed E-state index contributed by atoms with van der Waals surface area (Å²) in [6, 6.07) is 10.3. The zero-order valence-electron chi connectivity index (χ0n) is 14.5. The van der Waals surface area contributed by atoms with Crippen molar-refractivity contribution < 1.29 is 22.3 Å². The van der Waals surface area contributed by atoms with Gasteiger partial charge >= 0.3 is 0 Å². The minimum absolute atomic E-state index is 0.1000. The highest BCUT2D eigenvalue weighted by Gasteiger charge is 2.17. The minimum Gasteiger partial charge on any atom is -0.496 e. The number of methoxy groups -OCH3 is 1. The van der Waals surface area contributed by atoms with Crippen LogP contribution in [0.1, 0.15) is 25.3 Å². The number of hydrogen-bond donors (Lipinski definition) is 1. The van der Waals surface area contributed by atoms with Crippen molar-refractivity contribution >= 4 is 10.0 Å². The van der Waals surface area contributed by atoms with Crippen LogP contribution in [-0.4, -0.2) is 28.7 Å². The van der Waals surface area contributed by atoms with E-state index in [1.807, 2.05) is 13.8 Å². The van der Waals surface area contributed by atoms with Gasteiger partial charge in [0.1, 0.15) is 23.9 Å². The van der Waals surface area contributed by atoms with E-state index in [-0.39, 0.29) is 29.8 Å². The zero-order chi connectivity index (χ0) is 18.4. The number of ether oxygens (including phenoxy) is 2. The number of hydrogen-bond acceptors (Lipinski definition) is 4. The fourth-order valence-corrected chi connectivity index (χ4v) is 3.34. The van der Waals surface area contributed by atoms with Crippen molar-refractivity contribution in [3.05, 3.63) is 53.8 Å². The van der Waals surface area contributed by atoms with Gasteiger partial charge in [0.25, 0.3) is 0 Å². The van der Waals surface area contributed by atoms with Gasteiger partial charge in [-0.15, -0.1) is 0 Å². The second kappa shape index (κ2) is 8.31. The fraction of sp³-hybridized carbons (Fsp3) is 0.333. The Morgan fingerprint density at radius 3 is 2.40 bits per heavy atom. The first-order valence-corrected chi connectivity index (χ1v) is 9.38. The molecule has 0 saturated carbocycles. The maximum atomic E-state index is 12.8. The molecule has 0 saturated heterocycles. The number of halogens is 1. The number of benzene rings is 2. The molecule has 0 radical (unpaired) electrons. The molecule has 0 aliphatic carbocycles. The second-order valence-corrected chi connectivity index (χ2v) is 7.53. The maximum absolute atomic E-state index is 12.8. The van der Waals surface area contributed by atoms with Gasteiger partial charge < -0.3 is 9.47 Å². The van der Waals surface area contributed by atoms with Crippen molar-refractivity contribution in [2.24, 2.45) is 0 Å². The molecule has 136 valence electrons. The van der Waals surface area contributed by atoms with Crippen LogP contribution < -0.4 is 14.2 Å². The van der Waals surface area contributed by atoms with Crippen LogP contribution >= 0.6 is 0 Å². The smallest absolute Gasteiger partial charge is 0.240 e. The highest BCUT2D eigenvalue weighted by molar-refractivity contribution is 7.89. The molecular formula is C18H22FNO4S. The Labute approximate surface area is 147 Å². The molecule has 0 aliphatic heterocycles. The van der Waals surface area contributed by atoms with Crippen molar-refractivity contribution in [2.45, 2.75) is 24.7 Å². The molecule has 0 heterocycles. The molecule has 2 aromatic rings. The van der Waals surface area contributed by atoms with Gasteiger partial charge in [-0.1, -0.05) is 13.8 Å². The molecular weight excluding hydrogens is 345 g/mol. The highest BCUT2D eigenvalue weighted by atomic mass is 32.2. The average molecular weight is 367 g/mol. The molecule has 0 spiro atoms. The van der Waals surface area contributed by atoms with E-state index in [0.29, 0.717) is 11.5 Å². The minimum atomic E-state index is -3.65. The Bertz CT molecular complexity index is 804. The van der Waals surface area contributed by atoms with Crippen molar-refractivity contribution in [1.29, 1.82) is 0 Å². The quantitative estimate of drug-likeness (QED) is 0.727. The molecule has 5 nitrogen and oxygen atoms in total. The van der Waals surface area contributed by atoms with Crippen molar-refractivity contribution in [3.8, 4) is 11.5 Å². The predicted octanol–water partition coefficient (Wildman–Crippen LogP) is 3.32. The third-order valence-electron chi connectivity index (χ3n) is 3.61. The van der Waals surface area contributed by atoms with E-state index in [1.54, 1.807) is 19.2 Å². The lowest BCUT2D eigenvalue weighted by Gasteiger charge is -2.14. The Morgan fingerprint density at radius 2 is 1.80 bits per heavy atom. The summed E-state index contributed by atoms with van der Waals surface area (Å²) in [5.74, 6) is 0.918. The summed E-state index contributed by atoms with van der Waals surface area (Å²) in [5, 5.41) is 0. The maximum Gasteiger partial charge on any atom is 0.240 e. The van der Waals surface area contributed by atoms with Crippen LogP contribution in [0.5, 0.6) is 11.5 Å². The van der Waals surface area contributed by atoms with Crippen LogP contribution in [0.2, 0.25) is 0 Å². The average Bonchev–Trinajstić information content (AvgIpc) is 2.59. The second-order valence-electron chi connectivity index (χ2n) is 5.76. The lowest BCUT2D eigenvalue weighted by molar-refractivity contribution is 0.322. The van der Waals surface area contributed by atoms with Crippen LogP contribution in [-0.2, 0) is 10.0 Å². The molecule has 0 bridgehead atoms. The van der Waals surface area contributed by atoms with Gasteiger partial charge in [0.2, 0.25) is 10.0 Å². The molecule has 0 aliphatic rings. The summed E-state index contributed by atoms with van der Waals surface area (Å²) in [5.41, 5.74) is 0.827. The van der Waals surface area contributed by atoms with Gasteiger partial charge in [0.15, 0.2) is 0 Å². The molecule has 0 aromatic heterocycles. The Hall–Kier alpha value is -2.12. The predicted molar refractivity (Wildman–Crippen MR) is 94.2 cm³/mol. The molecule has 25 heavy (non-hydrogen) atoms. The Balaban J connectivity index is 1.99. The molecule has 7 heteroatoms. The Kier molecular flexibility index (Phi) is 6.39. The molecule has 2 rings (SSSR count). The number of sulfonamides is 1. The zero-order valence-corrected chi connectivity index (χ0v) is 15.3. The van der Waals surface area contributed by atoms with E-state index in [2.05, 4.69) is 4.72 Å². The summed E-state index contributed by atoms with van der Waals surface area (Å²) in [7, 11) is -2.09. The van der Waals surface area contributed by atoms with Gasteiger partial charge in [-0.2, -0.15) is 0 Å². The van der Waals surface area contributed by atoms with Crippen LogP contribution in [0, 0.1) is 5.82 Å². The van der Waals surface area contributed by atoms with E-state index in [4.69, 9.17) is 9.47 Å². The molecule has 2 aromatic carbocycles. The first-order chi connectivity index (χ1) is 11.8. The van der Waals surface area contributed by atoms with Crippen molar-refractivity contribution in [2.75, 3.05) is 20.3 Å². The van der Waals surface area contributed by atoms with Crippen molar-refractivity contribution in [1.82, 2.24) is 4.72 Å². The highest BCUT2D eigenvalue weighted by Crippen LogP contribution is 2.28. The molecule has 1 N–H and O–H groups in total. The van der Waals surface area contributed by atoms with Gasteiger partial charge in [-0.3, -0.25) is 0 Å². The lowest BCUT2D eigenvalue weighted by Crippen LogP contribution is -2.28. The van der Waals surface area contributed by atoms with E-state index in [0.717, 1.165) is 5.56 Å². The van der Waals surface area contributed by atoms with E-state index < -0.39 is 10.0 Å². The van der Waals surface area contributed by atoms with Crippen LogP contribution in [0.25, 0.3) is 0 Å². The SMILES string of the molecule is COc1ccc(S(=O)(=O)NCCOc2ccc(F)cc2)cc1C(C)C. The van der Waals surface area contributed by atoms with Crippen LogP contribution in [0.3, 0.4) is 0 Å². The monoisotopic (exact) mass is 367 g/mol. The number of nitrogens with one attached hydrogen (secondary N) is 1. The molecule has 0 atom stereocenters. The first-order valence-electron chi connectivity index (χ1n) is 7.89. The van der Waals surface area contributed by atoms with E-state index in [1.165, 1.54) is 30.3 Å². The molecule has 0 amide bonds. The summed E-state index contributed by atoms with van der Waals surface area (Å²) in [6.45, 7) is 4.18. The van der Waals surface area contributed by atoms with Crippen LogP contribution in [0.15, 0.2) is 47.4 Å². The topological polar surface area (TPSA) is 64.6 Å². The first kappa shape index (κ1) is 19.2. The van der Waals surface area contributed by atoms with Gasteiger partial charge in [0, 0.05) is 6.54 Å². The lowest BCUT2D eigenvalue weighted by atomic mass is 10.0. The summed E-state index contributed by atoms with van der Waals surface area (Å²) in [4.78, 5) is 0.179. The normalized spacial score (nSPS) is 11.6. The van der Waals surface area contributed by atoms with Crippen LogP contribution in [0.4, 0.5) is 4.39 Å². The summed E-state index contributed by atoms with van der Waals surface area (Å²) >= 11 is 0. The third kappa shape index (κ3) is 5.17. The largest absolute Gasteiger partial charge is 0.496 e. The third-order valence-corrected chi connectivity index (χ3v) is 5.07. The summed E-state index contributed by atoms with van der Waals surface area (Å²) in [6.07, 6.45) is 0. The van der Waals surface area contributed by atoms with E-state index >= 15 is 0 Å².